The van der Waals surface area contributed by atoms with Crippen LogP contribution < -0.4 is 10.1 Å². The highest BCUT2D eigenvalue weighted by Crippen LogP contribution is 2.47. The number of ether oxygens (including phenoxy) is 1. The molecular formula is C19H22N2O3. The van der Waals surface area contributed by atoms with E-state index in [2.05, 4.69) is 22.4 Å². The first-order valence-electron chi connectivity index (χ1n) is 8.27. The highest BCUT2D eigenvalue weighted by molar-refractivity contribution is 5.83. The zero-order valence-corrected chi connectivity index (χ0v) is 13.7. The molecule has 3 rings (SSSR count). The van der Waals surface area contributed by atoms with Crippen LogP contribution in [0, 0.1) is 5.92 Å². The van der Waals surface area contributed by atoms with Crippen molar-refractivity contribution in [2.24, 2.45) is 5.92 Å². The summed E-state index contributed by atoms with van der Waals surface area (Å²) in [6.45, 7) is 2.29. The minimum atomic E-state index is -0.495. The minimum Gasteiger partial charge on any atom is -0.492 e. The number of nitrogens with one attached hydrogen (secondary N) is 1. The number of nitrogens with zero attached hydrogens (tertiary/aromatic N) is 1. The van der Waals surface area contributed by atoms with Gasteiger partial charge in [0.1, 0.15) is 5.75 Å². The standard InChI is InChI=1S/C19H22N2O3/c1-2-24-14-8-9-17(20-11-14)18(12-22)21-19(23)16-10-15(16)13-6-4-3-5-7-13/h3-9,11,15-16,18,22H,2,10,12H2,1H3,(H,21,23). The van der Waals surface area contributed by atoms with E-state index in [1.807, 2.05) is 25.1 Å². The minimum absolute atomic E-state index is 0.0239. The Morgan fingerprint density at radius 1 is 1.33 bits per heavy atom. The summed E-state index contributed by atoms with van der Waals surface area (Å²) in [5.74, 6) is 0.900. The van der Waals surface area contributed by atoms with Gasteiger partial charge in [0.2, 0.25) is 5.91 Å². The summed E-state index contributed by atoms with van der Waals surface area (Å²) in [7, 11) is 0. The van der Waals surface area contributed by atoms with E-state index in [1.165, 1.54) is 5.56 Å². The van der Waals surface area contributed by atoms with Crippen LogP contribution in [0.1, 0.15) is 36.6 Å². The fraction of sp³-hybridized carbons (Fsp3) is 0.368. The zero-order valence-electron chi connectivity index (χ0n) is 13.7. The second-order valence-corrected chi connectivity index (χ2v) is 5.95. The maximum absolute atomic E-state index is 12.4. The van der Waals surface area contributed by atoms with Gasteiger partial charge in [0, 0.05) is 5.92 Å². The molecule has 5 nitrogen and oxygen atoms in total. The predicted octanol–water partition coefficient (Wildman–Crippen LogP) is 2.43. The summed E-state index contributed by atoms with van der Waals surface area (Å²) >= 11 is 0. The van der Waals surface area contributed by atoms with E-state index in [0.717, 1.165) is 6.42 Å². The van der Waals surface area contributed by atoms with Crippen LogP contribution in [0.25, 0.3) is 0 Å². The zero-order chi connectivity index (χ0) is 16.9. The average Bonchev–Trinajstić information content (AvgIpc) is 3.42. The Balaban J connectivity index is 1.60. The van der Waals surface area contributed by atoms with E-state index in [4.69, 9.17) is 4.74 Å². The summed E-state index contributed by atoms with van der Waals surface area (Å²) in [5, 5.41) is 12.5. The van der Waals surface area contributed by atoms with Crippen LogP contribution in [0.15, 0.2) is 48.7 Å². The van der Waals surface area contributed by atoms with Crippen molar-refractivity contribution in [3.05, 3.63) is 59.9 Å². The Morgan fingerprint density at radius 2 is 2.12 bits per heavy atom. The van der Waals surface area contributed by atoms with E-state index in [9.17, 15) is 9.90 Å². The van der Waals surface area contributed by atoms with Gasteiger partial charge in [0.15, 0.2) is 0 Å². The number of pyridine rings is 1. The fourth-order valence-electron chi connectivity index (χ4n) is 2.90. The maximum Gasteiger partial charge on any atom is 0.224 e. The maximum atomic E-state index is 12.4. The molecule has 5 heteroatoms. The molecule has 1 fully saturated rings. The number of aromatic nitrogens is 1. The molecule has 0 spiro atoms. The van der Waals surface area contributed by atoms with Gasteiger partial charge in [-0.2, -0.15) is 0 Å². The van der Waals surface area contributed by atoms with Crippen LogP contribution >= 0.6 is 0 Å². The molecule has 0 radical (unpaired) electrons. The van der Waals surface area contributed by atoms with E-state index >= 15 is 0 Å². The number of carbonyl (C=O) groups excluding carboxylic acids is 1. The monoisotopic (exact) mass is 326 g/mol. The van der Waals surface area contributed by atoms with Gasteiger partial charge in [0.05, 0.1) is 31.1 Å². The van der Waals surface area contributed by atoms with Crippen LogP contribution in [0.3, 0.4) is 0 Å². The van der Waals surface area contributed by atoms with Crippen LogP contribution in [0.2, 0.25) is 0 Å². The number of rotatable bonds is 7. The van der Waals surface area contributed by atoms with Crippen molar-refractivity contribution >= 4 is 5.91 Å². The van der Waals surface area contributed by atoms with Gasteiger partial charge in [-0.3, -0.25) is 9.78 Å². The predicted molar refractivity (Wildman–Crippen MR) is 90.7 cm³/mol. The van der Waals surface area contributed by atoms with Gasteiger partial charge in [-0.15, -0.1) is 0 Å². The molecule has 1 aromatic carbocycles. The largest absolute Gasteiger partial charge is 0.492 e. The average molecular weight is 326 g/mol. The topological polar surface area (TPSA) is 71.5 Å². The molecule has 1 aliphatic rings. The van der Waals surface area contributed by atoms with Crippen LogP contribution in [-0.4, -0.2) is 29.2 Å². The van der Waals surface area contributed by atoms with Crippen molar-refractivity contribution in [2.75, 3.05) is 13.2 Å². The molecule has 3 atom stereocenters. The molecule has 3 unspecified atom stereocenters. The third-order valence-electron chi connectivity index (χ3n) is 4.28. The molecule has 0 aliphatic heterocycles. The van der Waals surface area contributed by atoms with E-state index in [-0.39, 0.29) is 24.3 Å². The lowest BCUT2D eigenvalue weighted by atomic mass is 10.1. The van der Waals surface area contributed by atoms with Gasteiger partial charge >= 0.3 is 0 Å². The molecule has 1 aliphatic carbocycles. The third-order valence-corrected chi connectivity index (χ3v) is 4.28. The van der Waals surface area contributed by atoms with E-state index < -0.39 is 6.04 Å². The molecule has 0 bridgehead atoms. The van der Waals surface area contributed by atoms with Crippen molar-refractivity contribution < 1.29 is 14.6 Å². The van der Waals surface area contributed by atoms with Gasteiger partial charge in [0.25, 0.3) is 0 Å². The normalized spacial score (nSPS) is 20.2. The number of amides is 1. The van der Waals surface area contributed by atoms with Crippen molar-refractivity contribution in [3.63, 3.8) is 0 Å². The molecule has 1 aromatic heterocycles. The highest BCUT2D eigenvalue weighted by Gasteiger charge is 2.44. The molecule has 1 saturated carbocycles. The molecule has 2 N–H and O–H groups in total. The van der Waals surface area contributed by atoms with Crippen molar-refractivity contribution in [2.45, 2.75) is 25.3 Å². The highest BCUT2D eigenvalue weighted by atomic mass is 16.5. The molecule has 1 heterocycles. The Bertz CT molecular complexity index is 673. The summed E-state index contributed by atoms with van der Waals surface area (Å²) in [6.07, 6.45) is 2.46. The molecule has 24 heavy (non-hydrogen) atoms. The lowest BCUT2D eigenvalue weighted by Crippen LogP contribution is -2.32. The summed E-state index contributed by atoms with van der Waals surface area (Å²) in [6, 6.07) is 13.1. The van der Waals surface area contributed by atoms with Gasteiger partial charge < -0.3 is 15.2 Å². The number of hydrogen-bond acceptors (Lipinski definition) is 4. The number of aliphatic hydroxyl groups is 1. The number of carbonyl (C=O) groups is 1. The molecule has 1 amide bonds. The van der Waals surface area contributed by atoms with Gasteiger partial charge in [-0.05, 0) is 37.0 Å². The second-order valence-electron chi connectivity index (χ2n) is 5.95. The fourth-order valence-corrected chi connectivity index (χ4v) is 2.90. The second kappa shape index (κ2) is 7.45. The Morgan fingerprint density at radius 3 is 2.75 bits per heavy atom. The first-order valence-corrected chi connectivity index (χ1v) is 8.27. The lowest BCUT2D eigenvalue weighted by molar-refractivity contribution is -0.123. The quantitative estimate of drug-likeness (QED) is 0.820. The number of aliphatic hydroxyl groups excluding tert-OH is 1. The summed E-state index contributed by atoms with van der Waals surface area (Å²) in [5.41, 5.74) is 1.82. The van der Waals surface area contributed by atoms with Gasteiger partial charge in [-0.1, -0.05) is 30.3 Å². The molecule has 126 valence electrons. The van der Waals surface area contributed by atoms with E-state index in [1.54, 1.807) is 18.3 Å². The summed E-state index contributed by atoms with van der Waals surface area (Å²) in [4.78, 5) is 16.7. The number of benzene rings is 1. The van der Waals surface area contributed by atoms with Crippen molar-refractivity contribution in [1.82, 2.24) is 10.3 Å². The Kier molecular flexibility index (Phi) is 5.11. The Labute approximate surface area is 141 Å². The molecule has 0 saturated heterocycles. The number of hydrogen-bond donors (Lipinski definition) is 2. The first-order chi connectivity index (χ1) is 11.7. The summed E-state index contributed by atoms with van der Waals surface area (Å²) < 4.78 is 5.35. The van der Waals surface area contributed by atoms with Crippen LogP contribution in [-0.2, 0) is 4.79 Å². The van der Waals surface area contributed by atoms with Gasteiger partial charge in [-0.25, -0.2) is 0 Å². The molecule has 2 aromatic rings. The first kappa shape index (κ1) is 16.5. The SMILES string of the molecule is CCOc1ccc(C(CO)NC(=O)C2CC2c2ccccc2)nc1. The Hall–Kier alpha value is -2.40. The van der Waals surface area contributed by atoms with E-state index in [0.29, 0.717) is 18.1 Å². The smallest absolute Gasteiger partial charge is 0.224 e. The van der Waals surface area contributed by atoms with Crippen LogP contribution in [0.5, 0.6) is 5.75 Å². The van der Waals surface area contributed by atoms with Crippen LogP contribution in [0.4, 0.5) is 0 Å². The lowest BCUT2D eigenvalue weighted by Gasteiger charge is -2.16. The molecular weight excluding hydrogens is 304 g/mol. The third kappa shape index (κ3) is 3.74. The van der Waals surface area contributed by atoms with Crippen molar-refractivity contribution in [3.8, 4) is 5.75 Å². The van der Waals surface area contributed by atoms with Crippen molar-refractivity contribution in [1.29, 1.82) is 0 Å².